The van der Waals surface area contributed by atoms with Gasteiger partial charge in [0.2, 0.25) is 0 Å². The van der Waals surface area contributed by atoms with Crippen molar-refractivity contribution in [2.45, 2.75) is 0 Å². The van der Waals surface area contributed by atoms with E-state index in [9.17, 15) is 4.79 Å². The number of hydrogen-bond acceptors (Lipinski definition) is 4. The maximum absolute atomic E-state index is 10.3. The predicted molar refractivity (Wildman–Crippen MR) is 38.4 cm³/mol. The number of anilines is 1. The molecule has 0 aromatic carbocycles. The van der Waals surface area contributed by atoms with Crippen molar-refractivity contribution in [3.8, 4) is 0 Å². The Morgan fingerprint density at radius 3 is 2.82 bits per heavy atom. The number of aromatic carboxylic acids is 1. The molecule has 1 aromatic heterocycles. The van der Waals surface area contributed by atoms with E-state index in [0.29, 0.717) is 0 Å². The van der Waals surface area contributed by atoms with E-state index in [-0.39, 0.29) is 16.7 Å². The van der Waals surface area contributed by atoms with Crippen LogP contribution in [0.25, 0.3) is 0 Å². The minimum absolute atomic E-state index is 0.0764. The number of nitrogens with two attached hydrogens (primary N) is 1. The molecule has 0 amide bonds. The Morgan fingerprint density at radius 1 is 1.73 bits per heavy atom. The molecule has 5 nitrogen and oxygen atoms in total. The van der Waals surface area contributed by atoms with E-state index < -0.39 is 5.97 Å². The molecule has 58 valence electrons. The summed E-state index contributed by atoms with van der Waals surface area (Å²) in [5, 5.41) is 8.51. The Morgan fingerprint density at radius 2 is 2.36 bits per heavy atom. The fourth-order valence-electron chi connectivity index (χ4n) is 0.546. The zero-order valence-electron chi connectivity index (χ0n) is 5.28. The lowest BCUT2D eigenvalue weighted by Crippen LogP contribution is -2.07. The third-order valence-corrected chi connectivity index (χ3v) is 1.15. The van der Waals surface area contributed by atoms with Crippen molar-refractivity contribution in [3.63, 3.8) is 0 Å². The van der Waals surface area contributed by atoms with Gasteiger partial charge in [0.15, 0.2) is 11.5 Å². The number of rotatable bonds is 1. The summed E-state index contributed by atoms with van der Waals surface area (Å²) < 4.78 is 0. The monoisotopic (exact) mass is 173 g/mol. The molecule has 1 heterocycles. The molecule has 3 N–H and O–H groups in total. The van der Waals surface area contributed by atoms with Gasteiger partial charge in [0.1, 0.15) is 5.15 Å². The molecule has 0 unspecified atom stereocenters. The van der Waals surface area contributed by atoms with Crippen molar-refractivity contribution < 1.29 is 9.90 Å². The van der Waals surface area contributed by atoms with Crippen LogP contribution in [0.5, 0.6) is 0 Å². The second-order valence-electron chi connectivity index (χ2n) is 1.73. The Labute approximate surface area is 66.8 Å². The molecular formula is C5H4ClN3O2. The van der Waals surface area contributed by atoms with Crippen molar-refractivity contribution in [2.24, 2.45) is 0 Å². The quantitative estimate of drug-likeness (QED) is 0.642. The molecule has 0 fully saturated rings. The molecule has 0 saturated heterocycles. The van der Waals surface area contributed by atoms with Crippen molar-refractivity contribution >= 4 is 23.4 Å². The lowest BCUT2D eigenvalue weighted by molar-refractivity contribution is 0.0691. The molecule has 0 saturated carbocycles. The van der Waals surface area contributed by atoms with Crippen LogP contribution in [0.1, 0.15) is 10.5 Å². The number of halogens is 1. The highest BCUT2D eigenvalue weighted by Gasteiger charge is 2.10. The number of nitrogens with zero attached hydrogens (tertiary/aromatic N) is 2. The summed E-state index contributed by atoms with van der Waals surface area (Å²) in [5.74, 6) is -1.39. The van der Waals surface area contributed by atoms with Gasteiger partial charge < -0.3 is 10.8 Å². The van der Waals surface area contributed by atoms with Crippen LogP contribution >= 0.6 is 11.6 Å². The van der Waals surface area contributed by atoms with Gasteiger partial charge in [-0.3, -0.25) is 0 Å². The normalized spacial score (nSPS) is 9.55. The van der Waals surface area contributed by atoms with E-state index >= 15 is 0 Å². The topological polar surface area (TPSA) is 89.1 Å². The van der Waals surface area contributed by atoms with Crippen LogP contribution in [-0.2, 0) is 0 Å². The first kappa shape index (κ1) is 7.74. The van der Waals surface area contributed by atoms with Crippen molar-refractivity contribution in [2.75, 3.05) is 5.73 Å². The smallest absolute Gasteiger partial charge is 0.358 e. The second-order valence-corrected chi connectivity index (χ2v) is 2.12. The summed E-state index contributed by atoms with van der Waals surface area (Å²) >= 11 is 5.38. The second kappa shape index (κ2) is 2.71. The van der Waals surface area contributed by atoms with Crippen LogP contribution in [0.15, 0.2) is 6.20 Å². The first-order valence-corrected chi connectivity index (χ1v) is 3.00. The Kier molecular flexibility index (Phi) is 1.91. The molecule has 0 aliphatic rings. The number of hydrogen-bond donors (Lipinski definition) is 2. The number of carboxylic acids is 1. The summed E-state index contributed by atoms with van der Waals surface area (Å²) in [6.07, 6.45) is 1.13. The molecule has 0 aliphatic carbocycles. The molecule has 0 atom stereocenters. The van der Waals surface area contributed by atoms with Gasteiger partial charge in [-0.1, -0.05) is 11.6 Å². The molecule has 1 aromatic rings. The van der Waals surface area contributed by atoms with E-state index in [1.165, 1.54) is 0 Å². The van der Waals surface area contributed by atoms with Gasteiger partial charge in [-0.15, -0.1) is 0 Å². The molecule has 11 heavy (non-hydrogen) atoms. The van der Waals surface area contributed by atoms with Gasteiger partial charge in [0.25, 0.3) is 0 Å². The number of aromatic nitrogens is 2. The average Bonchev–Trinajstić information content (AvgIpc) is 1.85. The molecule has 0 aliphatic heterocycles. The van der Waals surface area contributed by atoms with E-state index in [1.807, 2.05) is 0 Å². The maximum atomic E-state index is 10.3. The van der Waals surface area contributed by atoms with E-state index in [1.54, 1.807) is 0 Å². The van der Waals surface area contributed by atoms with Crippen molar-refractivity contribution in [1.29, 1.82) is 0 Å². The Bertz CT molecular complexity index is 302. The van der Waals surface area contributed by atoms with Crippen molar-refractivity contribution in [1.82, 2.24) is 9.97 Å². The molecular weight excluding hydrogens is 170 g/mol. The Balaban J connectivity index is 3.20. The SMILES string of the molecule is Nc1nc(Cl)cnc1C(=O)O. The van der Waals surface area contributed by atoms with Crippen LogP contribution in [0.3, 0.4) is 0 Å². The van der Waals surface area contributed by atoms with E-state index in [4.69, 9.17) is 22.4 Å². The highest BCUT2D eigenvalue weighted by Crippen LogP contribution is 2.08. The van der Waals surface area contributed by atoms with E-state index in [0.717, 1.165) is 6.20 Å². The standard InChI is InChI=1S/C5H4ClN3O2/c6-2-1-8-3(5(10)11)4(7)9-2/h1H,(H2,7,9)(H,10,11). The minimum Gasteiger partial charge on any atom is -0.476 e. The average molecular weight is 174 g/mol. The minimum atomic E-state index is -1.22. The fraction of sp³-hybridized carbons (Fsp3) is 0. The van der Waals surface area contributed by atoms with Gasteiger partial charge in [-0.2, -0.15) is 0 Å². The highest BCUT2D eigenvalue weighted by atomic mass is 35.5. The summed E-state index contributed by atoms with van der Waals surface area (Å²) in [4.78, 5) is 17.3. The maximum Gasteiger partial charge on any atom is 0.358 e. The third-order valence-electron chi connectivity index (χ3n) is 0.973. The molecule has 0 radical (unpaired) electrons. The molecule has 0 bridgehead atoms. The zero-order chi connectivity index (χ0) is 8.43. The van der Waals surface area contributed by atoms with Crippen LogP contribution in [0.2, 0.25) is 5.15 Å². The van der Waals surface area contributed by atoms with Gasteiger partial charge in [0, 0.05) is 0 Å². The van der Waals surface area contributed by atoms with E-state index in [2.05, 4.69) is 9.97 Å². The summed E-state index contributed by atoms with van der Waals surface area (Å²) in [7, 11) is 0. The Hall–Kier alpha value is -1.36. The molecule has 1 rings (SSSR count). The molecule has 6 heteroatoms. The molecule has 0 spiro atoms. The first-order valence-electron chi connectivity index (χ1n) is 2.62. The van der Waals surface area contributed by atoms with Crippen molar-refractivity contribution in [3.05, 3.63) is 17.0 Å². The lowest BCUT2D eigenvalue weighted by Gasteiger charge is -1.96. The van der Waals surface area contributed by atoms with Gasteiger partial charge in [-0.25, -0.2) is 14.8 Å². The van der Waals surface area contributed by atoms with Gasteiger partial charge in [-0.05, 0) is 0 Å². The number of nitrogen functional groups attached to an aromatic ring is 1. The zero-order valence-corrected chi connectivity index (χ0v) is 6.04. The van der Waals surface area contributed by atoms with Gasteiger partial charge in [0.05, 0.1) is 6.20 Å². The largest absolute Gasteiger partial charge is 0.476 e. The van der Waals surface area contributed by atoms with Crippen LogP contribution in [-0.4, -0.2) is 21.0 Å². The third kappa shape index (κ3) is 1.56. The highest BCUT2D eigenvalue weighted by molar-refractivity contribution is 6.29. The number of carbonyl (C=O) groups is 1. The van der Waals surface area contributed by atoms with Crippen LogP contribution in [0.4, 0.5) is 5.82 Å². The summed E-state index contributed by atoms with van der Waals surface area (Å²) in [6.45, 7) is 0. The van der Waals surface area contributed by atoms with Crippen LogP contribution < -0.4 is 5.73 Å². The number of carboxylic acid groups (broad SMARTS) is 1. The van der Waals surface area contributed by atoms with Gasteiger partial charge >= 0.3 is 5.97 Å². The predicted octanol–water partition coefficient (Wildman–Crippen LogP) is 0.410. The first-order chi connectivity index (χ1) is 5.11. The summed E-state index contributed by atoms with van der Waals surface area (Å²) in [6, 6.07) is 0. The lowest BCUT2D eigenvalue weighted by atomic mass is 10.4. The summed E-state index contributed by atoms with van der Waals surface area (Å²) in [5.41, 5.74) is 4.90. The van der Waals surface area contributed by atoms with Crippen LogP contribution in [0, 0.1) is 0 Å². The fourth-order valence-corrected chi connectivity index (χ4v) is 0.685.